The minimum Gasteiger partial charge on any atom is -0.464 e. The van der Waals surface area contributed by atoms with Crippen molar-refractivity contribution in [3.05, 3.63) is 47.5 Å². The summed E-state index contributed by atoms with van der Waals surface area (Å²) in [5.41, 5.74) is 0.254. The Morgan fingerprint density at radius 1 is 1.09 bits per heavy atom. The van der Waals surface area contributed by atoms with Crippen LogP contribution in [0.15, 0.2) is 36.4 Å². The van der Waals surface area contributed by atoms with Crippen molar-refractivity contribution in [2.75, 3.05) is 19.7 Å². The number of fused-ring (bicyclic) bond motifs is 3. The van der Waals surface area contributed by atoms with Crippen molar-refractivity contribution < 1.29 is 38.2 Å². The highest BCUT2D eigenvalue weighted by atomic mass is 16.6. The van der Waals surface area contributed by atoms with Gasteiger partial charge in [-0.25, -0.2) is 14.4 Å². The van der Waals surface area contributed by atoms with Crippen molar-refractivity contribution in [1.82, 2.24) is 20.4 Å². The molecule has 1 saturated heterocycles. The summed E-state index contributed by atoms with van der Waals surface area (Å²) >= 11 is 0. The van der Waals surface area contributed by atoms with E-state index in [1.54, 1.807) is 32.6 Å². The second kappa shape index (κ2) is 14.4. The zero-order valence-corrected chi connectivity index (χ0v) is 27.9. The van der Waals surface area contributed by atoms with E-state index in [1.807, 2.05) is 30.4 Å². The molecule has 2 N–H and O–H groups in total. The SMILES string of the molecule is CCOC(=O)[C@@]12C[C@H]1/C=C\CCCCC[C@H](NC(=O)OC(C)(C)C)C(=O)N1C[C@H](OC(=O)N3CCc4ccccc4C3)C[C@H]1C(=O)N2. The fraction of sp³-hybridized carbons (Fsp3) is 0.629. The highest BCUT2D eigenvalue weighted by Crippen LogP contribution is 2.46. The first kappa shape index (κ1) is 34.3. The van der Waals surface area contributed by atoms with Crippen LogP contribution >= 0.6 is 0 Å². The van der Waals surface area contributed by atoms with Crippen LogP contribution in [0.1, 0.15) is 83.8 Å². The van der Waals surface area contributed by atoms with Gasteiger partial charge in [-0.3, -0.25) is 9.59 Å². The van der Waals surface area contributed by atoms with Crippen molar-refractivity contribution in [3.63, 3.8) is 0 Å². The molecule has 0 aromatic heterocycles. The highest BCUT2D eigenvalue weighted by molar-refractivity contribution is 5.96. The second-order valence-electron chi connectivity index (χ2n) is 13.9. The third kappa shape index (κ3) is 8.26. The maximum atomic E-state index is 14.2. The van der Waals surface area contributed by atoms with E-state index in [0.29, 0.717) is 38.8 Å². The molecule has 1 aromatic rings. The van der Waals surface area contributed by atoms with Gasteiger partial charge in [0, 0.05) is 25.4 Å². The Hall–Kier alpha value is -4.09. The third-order valence-corrected chi connectivity index (χ3v) is 9.23. The van der Waals surface area contributed by atoms with Gasteiger partial charge in [-0.2, -0.15) is 0 Å². The number of esters is 1. The Morgan fingerprint density at radius 2 is 1.85 bits per heavy atom. The summed E-state index contributed by atoms with van der Waals surface area (Å²) in [6.07, 6.45) is 6.59. The number of benzene rings is 1. The van der Waals surface area contributed by atoms with Crippen LogP contribution < -0.4 is 10.6 Å². The lowest BCUT2D eigenvalue weighted by atomic mass is 10.0. The van der Waals surface area contributed by atoms with E-state index < -0.39 is 59.3 Å². The summed E-state index contributed by atoms with van der Waals surface area (Å²) in [4.78, 5) is 70.5. The van der Waals surface area contributed by atoms with Gasteiger partial charge in [-0.05, 0) is 70.9 Å². The summed E-state index contributed by atoms with van der Waals surface area (Å²) in [6, 6.07) is 5.96. The van der Waals surface area contributed by atoms with Crippen molar-refractivity contribution in [2.45, 2.75) is 115 Å². The number of hydrogen-bond acceptors (Lipinski definition) is 8. The standard InChI is InChI=1S/C35H48N4O8/c1-5-45-31(42)35-20-25(35)15-9-7-6-8-10-16-27(36-32(43)47-34(2,3)4)30(41)39-22-26(19-28(39)29(40)37-35)46-33(44)38-18-17-23-13-11-12-14-24(23)21-38/h9,11-15,25-28H,5-8,10,16-22H2,1-4H3,(H,36,43)(H,37,40)/b15-9-/t25-,26-,27+,28+,35-/m1/s1. The molecule has 47 heavy (non-hydrogen) atoms. The predicted molar refractivity (Wildman–Crippen MR) is 172 cm³/mol. The van der Waals surface area contributed by atoms with Gasteiger partial charge in [0.25, 0.3) is 0 Å². The molecular formula is C35H48N4O8. The maximum absolute atomic E-state index is 14.2. The molecular weight excluding hydrogens is 604 g/mol. The van der Waals surface area contributed by atoms with Gasteiger partial charge in [0.15, 0.2) is 0 Å². The number of hydrogen-bond donors (Lipinski definition) is 2. The molecule has 12 nitrogen and oxygen atoms in total. The maximum Gasteiger partial charge on any atom is 0.410 e. The van der Waals surface area contributed by atoms with E-state index in [2.05, 4.69) is 16.7 Å². The number of ether oxygens (including phenoxy) is 3. The molecule has 5 rings (SSSR count). The molecule has 0 radical (unpaired) electrons. The first-order valence-electron chi connectivity index (χ1n) is 16.9. The van der Waals surface area contributed by atoms with E-state index in [1.165, 1.54) is 10.5 Å². The third-order valence-electron chi connectivity index (χ3n) is 9.23. The number of nitrogens with one attached hydrogen (secondary N) is 2. The van der Waals surface area contributed by atoms with E-state index in [9.17, 15) is 24.0 Å². The smallest absolute Gasteiger partial charge is 0.410 e. The Kier molecular flexibility index (Phi) is 10.5. The van der Waals surface area contributed by atoms with Crippen LogP contribution in [0, 0.1) is 5.92 Å². The van der Waals surface area contributed by atoms with Crippen molar-refractivity contribution in [1.29, 1.82) is 0 Å². The minimum atomic E-state index is -1.22. The van der Waals surface area contributed by atoms with Gasteiger partial charge >= 0.3 is 18.2 Å². The Labute approximate surface area is 276 Å². The quantitative estimate of drug-likeness (QED) is 0.282. The van der Waals surface area contributed by atoms with Gasteiger partial charge in [0.2, 0.25) is 11.8 Å². The second-order valence-corrected chi connectivity index (χ2v) is 13.9. The van der Waals surface area contributed by atoms with Gasteiger partial charge < -0.3 is 34.6 Å². The molecule has 1 saturated carbocycles. The fourth-order valence-corrected chi connectivity index (χ4v) is 6.71. The van der Waals surface area contributed by atoms with E-state index >= 15 is 0 Å². The normalized spacial score (nSPS) is 28.7. The molecule has 5 atom stereocenters. The van der Waals surface area contributed by atoms with Crippen LogP contribution in [0.25, 0.3) is 0 Å². The van der Waals surface area contributed by atoms with Crippen LogP contribution in [0.2, 0.25) is 0 Å². The lowest BCUT2D eigenvalue weighted by Crippen LogP contribution is -2.56. The summed E-state index contributed by atoms with van der Waals surface area (Å²) in [5.74, 6) is -1.73. The fourth-order valence-electron chi connectivity index (χ4n) is 6.71. The Bertz CT molecular complexity index is 1390. The molecule has 256 valence electrons. The molecule has 0 unspecified atom stereocenters. The first-order valence-corrected chi connectivity index (χ1v) is 16.9. The largest absolute Gasteiger partial charge is 0.464 e. The number of carbonyl (C=O) groups is 5. The molecule has 3 heterocycles. The molecule has 2 fully saturated rings. The summed E-state index contributed by atoms with van der Waals surface area (Å²) in [5, 5.41) is 5.66. The average Bonchev–Trinajstić information content (AvgIpc) is 3.55. The van der Waals surface area contributed by atoms with Gasteiger partial charge in [-0.15, -0.1) is 0 Å². The van der Waals surface area contributed by atoms with E-state index in [0.717, 1.165) is 24.8 Å². The Balaban J connectivity index is 1.38. The summed E-state index contributed by atoms with van der Waals surface area (Å²) < 4.78 is 16.8. The van der Waals surface area contributed by atoms with Gasteiger partial charge in [0.1, 0.15) is 29.3 Å². The van der Waals surface area contributed by atoms with Crippen LogP contribution in [0.3, 0.4) is 0 Å². The van der Waals surface area contributed by atoms with Crippen LogP contribution in [-0.4, -0.2) is 88.8 Å². The number of nitrogens with zero attached hydrogens (tertiary/aromatic N) is 2. The molecule has 0 spiro atoms. The molecule has 12 heteroatoms. The highest BCUT2D eigenvalue weighted by Gasteiger charge is 2.62. The van der Waals surface area contributed by atoms with E-state index in [-0.39, 0.29) is 25.5 Å². The zero-order valence-electron chi connectivity index (χ0n) is 27.9. The number of carbonyl (C=O) groups excluding carboxylic acids is 5. The summed E-state index contributed by atoms with van der Waals surface area (Å²) in [7, 11) is 0. The first-order chi connectivity index (χ1) is 22.4. The molecule has 4 amide bonds. The van der Waals surface area contributed by atoms with Crippen LogP contribution in [0.4, 0.5) is 9.59 Å². The predicted octanol–water partition coefficient (Wildman–Crippen LogP) is 4.00. The van der Waals surface area contributed by atoms with Crippen LogP contribution in [0.5, 0.6) is 0 Å². The zero-order chi connectivity index (χ0) is 33.8. The van der Waals surface area contributed by atoms with Crippen LogP contribution in [-0.2, 0) is 41.6 Å². The number of amides is 4. The lowest BCUT2D eigenvalue weighted by Gasteiger charge is -2.30. The molecule has 1 aromatic carbocycles. The molecule has 3 aliphatic heterocycles. The van der Waals surface area contributed by atoms with E-state index in [4.69, 9.17) is 14.2 Å². The van der Waals surface area contributed by atoms with Crippen molar-refractivity contribution >= 4 is 30.0 Å². The molecule has 4 aliphatic rings. The average molecular weight is 653 g/mol. The minimum absolute atomic E-state index is 0.0324. The van der Waals surface area contributed by atoms with Gasteiger partial charge in [0.05, 0.1) is 13.2 Å². The topological polar surface area (TPSA) is 144 Å². The Morgan fingerprint density at radius 3 is 2.60 bits per heavy atom. The van der Waals surface area contributed by atoms with Gasteiger partial charge in [-0.1, -0.05) is 49.3 Å². The number of alkyl carbamates (subject to hydrolysis) is 1. The molecule has 0 bridgehead atoms. The number of rotatable bonds is 4. The summed E-state index contributed by atoms with van der Waals surface area (Å²) in [6.45, 7) is 7.97. The van der Waals surface area contributed by atoms with Crippen molar-refractivity contribution in [2.24, 2.45) is 5.92 Å². The van der Waals surface area contributed by atoms with Crippen molar-refractivity contribution in [3.8, 4) is 0 Å². The number of allylic oxidation sites excluding steroid dienone is 1. The molecule has 1 aliphatic carbocycles. The monoisotopic (exact) mass is 652 g/mol. The lowest BCUT2D eigenvalue weighted by molar-refractivity contribution is -0.150.